The first-order valence-electron chi connectivity index (χ1n) is 7.86. The van der Waals surface area contributed by atoms with E-state index < -0.39 is 0 Å². The third-order valence-corrected chi connectivity index (χ3v) is 4.15. The summed E-state index contributed by atoms with van der Waals surface area (Å²) in [5.74, 6) is 0.564. The number of nitro groups is 1. The van der Waals surface area contributed by atoms with Crippen LogP contribution in [0.5, 0.6) is 0 Å². The molecule has 9 heteroatoms. The van der Waals surface area contributed by atoms with Crippen LogP contribution >= 0.6 is 0 Å². The van der Waals surface area contributed by atoms with Gasteiger partial charge in [0.1, 0.15) is 5.69 Å². The standard InChI is InChI=1S/C14H24N6O3/c1-4-12-13(20(22)23)14(17(3)16-12)15-5-6-18-7-9-19(10-8-18)11(2)21/h15H,4-10H2,1-3H3. The fourth-order valence-electron chi connectivity index (χ4n) is 2.82. The quantitative estimate of drug-likeness (QED) is 0.603. The number of anilines is 1. The van der Waals surface area contributed by atoms with E-state index in [4.69, 9.17) is 0 Å². The predicted octanol–water partition coefficient (Wildman–Crippen LogP) is 0.467. The molecule has 1 aromatic heterocycles. The van der Waals surface area contributed by atoms with Crippen LogP contribution in [0, 0.1) is 10.1 Å². The van der Waals surface area contributed by atoms with Gasteiger partial charge in [0.2, 0.25) is 11.7 Å². The number of nitrogens with zero attached hydrogens (tertiary/aromatic N) is 5. The molecule has 0 aliphatic carbocycles. The Morgan fingerprint density at radius 1 is 1.35 bits per heavy atom. The van der Waals surface area contributed by atoms with Gasteiger partial charge in [0.25, 0.3) is 0 Å². The molecule has 2 heterocycles. The minimum absolute atomic E-state index is 0.0661. The van der Waals surface area contributed by atoms with Crippen molar-refractivity contribution in [2.75, 3.05) is 44.6 Å². The van der Waals surface area contributed by atoms with Gasteiger partial charge in [-0.3, -0.25) is 19.8 Å². The molecule has 1 saturated heterocycles. The lowest BCUT2D eigenvalue weighted by molar-refractivity contribution is -0.384. The molecule has 0 atom stereocenters. The third-order valence-electron chi connectivity index (χ3n) is 4.15. The Labute approximate surface area is 135 Å². The summed E-state index contributed by atoms with van der Waals surface area (Å²) in [6.45, 7) is 7.95. The highest BCUT2D eigenvalue weighted by Crippen LogP contribution is 2.28. The second-order valence-corrected chi connectivity index (χ2v) is 5.65. The lowest BCUT2D eigenvalue weighted by atomic mass is 10.3. The molecule has 1 fully saturated rings. The molecule has 0 bridgehead atoms. The summed E-state index contributed by atoms with van der Waals surface area (Å²) in [5, 5.41) is 18.6. The fourth-order valence-corrected chi connectivity index (χ4v) is 2.82. The molecule has 9 nitrogen and oxygen atoms in total. The molecule has 0 unspecified atom stereocenters. The molecule has 0 saturated carbocycles. The Bertz CT molecular complexity index is 577. The van der Waals surface area contributed by atoms with Crippen LogP contribution in [0.3, 0.4) is 0 Å². The van der Waals surface area contributed by atoms with Crippen LogP contribution in [0.1, 0.15) is 19.5 Å². The maximum Gasteiger partial charge on any atom is 0.333 e. The summed E-state index contributed by atoms with van der Waals surface area (Å²) in [6.07, 6.45) is 0.527. The number of aryl methyl sites for hydroxylation is 2. The van der Waals surface area contributed by atoms with Crippen LogP contribution in [0.2, 0.25) is 0 Å². The van der Waals surface area contributed by atoms with Crippen molar-refractivity contribution in [2.45, 2.75) is 20.3 Å². The predicted molar refractivity (Wildman–Crippen MR) is 86.4 cm³/mol. The third kappa shape index (κ3) is 3.98. The SMILES string of the molecule is CCc1nn(C)c(NCCN2CCN(C(C)=O)CC2)c1[N+](=O)[O-]. The summed E-state index contributed by atoms with van der Waals surface area (Å²) >= 11 is 0. The van der Waals surface area contributed by atoms with E-state index in [0.717, 1.165) is 32.7 Å². The van der Waals surface area contributed by atoms with Crippen molar-refractivity contribution in [2.24, 2.45) is 7.05 Å². The van der Waals surface area contributed by atoms with E-state index in [9.17, 15) is 14.9 Å². The smallest absolute Gasteiger partial charge is 0.333 e. The van der Waals surface area contributed by atoms with Gasteiger partial charge in [0.05, 0.1) is 4.92 Å². The maximum absolute atomic E-state index is 11.3. The first-order valence-corrected chi connectivity index (χ1v) is 7.86. The fraction of sp³-hybridized carbons (Fsp3) is 0.714. The molecule has 0 radical (unpaired) electrons. The molecular formula is C14H24N6O3. The number of amides is 1. The highest BCUT2D eigenvalue weighted by atomic mass is 16.6. The molecule has 1 aliphatic heterocycles. The summed E-state index contributed by atoms with van der Waals surface area (Å²) in [5.41, 5.74) is 0.562. The van der Waals surface area contributed by atoms with Gasteiger partial charge in [-0.25, -0.2) is 4.68 Å². The zero-order chi connectivity index (χ0) is 17.0. The minimum Gasteiger partial charge on any atom is -0.363 e. The van der Waals surface area contributed by atoms with Crippen LogP contribution in [-0.4, -0.2) is 69.7 Å². The lowest BCUT2D eigenvalue weighted by Crippen LogP contribution is -2.49. The first-order chi connectivity index (χ1) is 10.9. The lowest BCUT2D eigenvalue weighted by Gasteiger charge is -2.34. The monoisotopic (exact) mass is 324 g/mol. The Balaban J connectivity index is 1.89. The Hall–Kier alpha value is -2.16. The summed E-state index contributed by atoms with van der Waals surface area (Å²) < 4.78 is 1.53. The average Bonchev–Trinajstić information content (AvgIpc) is 2.84. The second kappa shape index (κ2) is 7.40. The topological polar surface area (TPSA) is 96.5 Å². The molecule has 2 rings (SSSR count). The summed E-state index contributed by atoms with van der Waals surface area (Å²) in [7, 11) is 1.71. The van der Waals surface area contributed by atoms with Gasteiger partial charge in [-0.2, -0.15) is 5.10 Å². The van der Waals surface area contributed by atoms with Gasteiger partial charge in [-0.05, 0) is 6.42 Å². The largest absolute Gasteiger partial charge is 0.363 e. The molecular weight excluding hydrogens is 300 g/mol. The first kappa shape index (κ1) is 17.2. The van der Waals surface area contributed by atoms with E-state index in [2.05, 4.69) is 15.3 Å². The highest BCUT2D eigenvalue weighted by Gasteiger charge is 2.25. The Morgan fingerprint density at radius 3 is 2.52 bits per heavy atom. The summed E-state index contributed by atoms with van der Waals surface area (Å²) in [6, 6.07) is 0. The van der Waals surface area contributed by atoms with E-state index in [-0.39, 0.29) is 16.5 Å². The molecule has 128 valence electrons. The van der Waals surface area contributed by atoms with E-state index >= 15 is 0 Å². The number of carbonyl (C=O) groups is 1. The van der Waals surface area contributed by atoms with E-state index in [1.165, 1.54) is 4.68 Å². The molecule has 1 aliphatic rings. The van der Waals surface area contributed by atoms with Crippen molar-refractivity contribution in [1.82, 2.24) is 19.6 Å². The Morgan fingerprint density at radius 2 is 2.00 bits per heavy atom. The number of hydrogen-bond acceptors (Lipinski definition) is 6. The van der Waals surface area contributed by atoms with Gasteiger partial charge in [-0.15, -0.1) is 0 Å². The number of rotatable bonds is 6. The van der Waals surface area contributed by atoms with Crippen molar-refractivity contribution >= 4 is 17.4 Å². The second-order valence-electron chi connectivity index (χ2n) is 5.65. The molecule has 1 amide bonds. The highest BCUT2D eigenvalue weighted by molar-refractivity contribution is 5.73. The van der Waals surface area contributed by atoms with Gasteiger partial charge >= 0.3 is 5.69 Å². The van der Waals surface area contributed by atoms with Crippen molar-refractivity contribution in [3.05, 3.63) is 15.8 Å². The number of piperazine rings is 1. The zero-order valence-electron chi connectivity index (χ0n) is 13.9. The van der Waals surface area contributed by atoms with Crippen molar-refractivity contribution in [1.29, 1.82) is 0 Å². The van der Waals surface area contributed by atoms with Crippen molar-refractivity contribution in [3.8, 4) is 0 Å². The van der Waals surface area contributed by atoms with Crippen LogP contribution in [-0.2, 0) is 18.3 Å². The number of nitrogens with one attached hydrogen (secondary N) is 1. The van der Waals surface area contributed by atoms with E-state index in [1.54, 1.807) is 14.0 Å². The van der Waals surface area contributed by atoms with Crippen LogP contribution in [0.25, 0.3) is 0 Å². The van der Waals surface area contributed by atoms with Crippen LogP contribution in [0.15, 0.2) is 0 Å². The van der Waals surface area contributed by atoms with Crippen molar-refractivity contribution < 1.29 is 9.72 Å². The number of hydrogen-bond donors (Lipinski definition) is 1. The van der Waals surface area contributed by atoms with E-state index in [1.807, 2.05) is 11.8 Å². The van der Waals surface area contributed by atoms with Crippen LogP contribution < -0.4 is 5.32 Å². The van der Waals surface area contributed by atoms with Crippen molar-refractivity contribution in [3.63, 3.8) is 0 Å². The molecule has 1 N–H and O–H groups in total. The summed E-state index contributed by atoms with van der Waals surface area (Å²) in [4.78, 5) is 26.2. The van der Waals surface area contributed by atoms with Gasteiger partial charge < -0.3 is 10.2 Å². The van der Waals surface area contributed by atoms with E-state index in [0.29, 0.717) is 24.5 Å². The van der Waals surface area contributed by atoms with Crippen LogP contribution in [0.4, 0.5) is 11.5 Å². The molecule has 0 aromatic carbocycles. The normalized spacial score (nSPS) is 15.7. The zero-order valence-corrected chi connectivity index (χ0v) is 13.9. The Kier molecular flexibility index (Phi) is 5.54. The molecule has 1 aromatic rings. The maximum atomic E-state index is 11.3. The van der Waals surface area contributed by atoms with Gasteiger partial charge in [0.15, 0.2) is 0 Å². The number of carbonyl (C=O) groups excluding carboxylic acids is 1. The average molecular weight is 324 g/mol. The molecule has 23 heavy (non-hydrogen) atoms. The van der Waals surface area contributed by atoms with Gasteiger partial charge in [-0.1, -0.05) is 6.92 Å². The minimum atomic E-state index is -0.375. The van der Waals surface area contributed by atoms with Gasteiger partial charge in [0, 0.05) is 53.2 Å². The molecule has 0 spiro atoms. The number of aromatic nitrogens is 2.